The maximum Gasteiger partial charge on any atom is 0.260 e. The van der Waals surface area contributed by atoms with E-state index in [1.807, 2.05) is 68.4 Å². The number of sulfonamides is 1. The molecule has 1 amide bonds. The molecule has 200 valence electrons. The molecule has 4 rings (SSSR count). The Morgan fingerprint density at radius 3 is 2.26 bits per heavy atom. The van der Waals surface area contributed by atoms with Crippen LogP contribution in [0.15, 0.2) is 71.6 Å². The van der Waals surface area contributed by atoms with Gasteiger partial charge in [0.25, 0.3) is 5.91 Å². The van der Waals surface area contributed by atoms with Crippen molar-refractivity contribution in [1.29, 1.82) is 0 Å². The van der Waals surface area contributed by atoms with Crippen LogP contribution in [0.1, 0.15) is 21.5 Å². The van der Waals surface area contributed by atoms with Gasteiger partial charge in [0.15, 0.2) is 5.13 Å². The van der Waals surface area contributed by atoms with Crippen LogP contribution in [0.2, 0.25) is 0 Å². The van der Waals surface area contributed by atoms with E-state index in [1.54, 1.807) is 31.2 Å². The summed E-state index contributed by atoms with van der Waals surface area (Å²) in [4.78, 5) is 22.2. The van der Waals surface area contributed by atoms with Crippen molar-refractivity contribution in [3.63, 3.8) is 0 Å². The highest BCUT2D eigenvalue weighted by Gasteiger charge is 2.25. The number of thiazole rings is 1. The van der Waals surface area contributed by atoms with Gasteiger partial charge in [-0.05, 0) is 62.5 Å². The highest BCUT2D eigenvalue weighted by Crippen LogP contribution is 2.37. The molecule has 3 aromatic carbocycles. The number of anilines is 1. The van der Waals surface area contributed by atoms with Crippen molar-refractivity contribution in [3.05, 3.63) is 83.4 Å². The molecular weight excluding hydrogens is 520 g/mol. The Morgan fingerprint density at radius 1 is 0.947 bits per heavy atom. The fraction of sp³-hybridized carbons (Fsp3) is 0.286. The van der Waals surface area contributed by atoms with Crippen molar-refractivity contribution in [2.24, 2.45) is 0 Å². The highest BCUT2D eigenvalue weighted by atomic mass is 32.2. The minimum Gasteiger partial charge on any atom is -0.494 e. The molecule has 0 unspecified atom stereocenters. The molecule has 38 heavy (non-hydrogen) atoms. The normalized spacial score (nSPS) is 11.9. The van der Waals surface area contributed by atoms with Crippen LogP contribution in [0.4, 0.5) is 5.13 Å². The molecule has 0 radical (unpaired) electrons. The van der Waals surface area contributed by atoms with Crippen LogP contribution < -0.4 is 9.64 Å². The van der Waals surface area contributed by atoms with Gasteiger partial charge in [0.05, 0.1) is 16.7 Å². The number of nitrogens with zero attached hydrogens (tertiary/aromatic N) is 4. The lowest BCUT2D eigenvalue weighted by Gasteiger charge is -2.22. The van der Waals surface area contributed by atoms with Crippen LogP contribution >= 0.6 is 11.3 Å². The van der Waals surface area contributed by atoms with E-state index in [0.717, 1.165) is 21.3 Å². The number of hydrogen-bond donors (Lipinski definition) is 0. The van der Waals surface area contributed by atoms with Gasteiger partial charge in [0, 0.05) is 32.2 Å². The molecule has 1 heterocycles. The summed E-state index contributed by atoms with van der Waals surface area (Å²) in [6.45, 7) is 3.31. The Bertz CT molecular complexity index is 1520. The first-order valence-electron chi connectivity index (χ1n) is 12.1. The number of methoxy groups -OCH3 is 1. The molecule has 0 aliphatic heterocycles. The quantitative estimate of drug-likeness (QED) is 0.285. The number of benzene rings is 3. The van der Waals surface area contributed by atoms with Gasteiger partial charge >= 0.3 is 0 Å². The molecule has 8 nitrogen and oxygen atoms in total. The maximum absolute atomic E-state index is 13.7. The number of ether oxygens (including phenoxy) is 1. The monoisotopic (exact) mass is 552 g/mol. The van der Waals surface area contributed by atoms with E-state index >= 15 is 0 Å². The first kappa shape index (κ1) is 27.7. The fourth-order valence-electron chi connectivity index (χ4n) is 3.99. The summed E-state index contributed by atoms with van der Waals surface area (Å²) in [5.41, 5.74) is 3.05. The molecule has 10 heteroatoms. The van der Waals surface area contributed by atoms with Gasteiger partial charge in [0.2, 0.25) is 10.0 Å². The summed E-state index contributed by atoms with van der Waals surface area (Å²) in [5, 5.41) is 0.568. The van der Waals surface area contributed by atoms with E-state index in [4.69, 9.17) is 9.72 Å². The summed E-state index contributed by atoms with van der Waals surface area (Å²) in [6, 6.07) is 19.4. The number of rotatable bonds is 10. The number of carbonyl (C=O) groups excluding carboxylic acids is 1. The Hall–Kier alpha value is -3.31. The van der Waals surface area contributed by atoms with Gasteiger partial charge < -0.3 is 9.64 Å². The number of amides is 1. The summed E-state index contributed by atoms with van der Waals surface area (Å²) in [7, 11) is 3.31. The number of aromatic nitrogens is 1. The van der Waals surface area contributed by atoms with E-state index in [9.17, 15) is 13.2 Å². The predicted octanol–water partition coefficient (Wildman–Crippen LogP) is 4.64. The molecule has 0 spiro atoms. The fourth-order valence-corrected chi connectivity index (χ4v) is 6.23. The van der Waals surface area contributed by atoms with Crippen LogP contribution in [-0.4, -0.2) is 69.9 Å². The second kappa shape index (κ2) is 11.6. The van der Waals surface area contributed by atoms with Crippen molar-refractivity contribution in [2.45, 2.75) is 18.4 Å². The number of hydrogen-bond acceptors (Lipinski definition) is 7. The van der Waals surface area contributed by atoms with E-state index in [2.05, 4.69) is 0 Å². The smallest absolute Gasteiger partial charge is 0.260 e. The lowest BCUT2D eigenvalue weighted by Crippen LogP contribution is -2.36. The van der Waals surface area contributed by atoms with E-state index < -0.39 is 10.0 Å². The van der Waals surface area contributed by atoms with Gasteiger partial charge in [-0.1, -0.05) is 47.7 Å². The van der Waals surface area contributed by atoms with Crippen molar-refractivity contribution < 1.29 is 17.9 Å². The topological polar surface area (TPSA) is 83.0 Å². The minimum atomic E-state index is -3.73. The van der Waals surface area contributed by atoms with Crippen LogP contribution in [0.5, 0.6) is 5.75 Å². The summed E-state index contributed by atoms with van der Waals surface area (Å²) in [5.74, 6) is 0.409. The Balaban J connectivity index is 1.62. The van der Waals surface area contributed by atoms with Crippen molar-refractivity contribution in [2.75, 3.05) is 46.2 Å². The average molecular weight is 553 g/mol. The van der Waals surface area contributed by atoms with E-state index in [0.29, 0.717) is 29.5 Å². The van der Waals surface area contributed by atoms with E-state index in [1.165, 1.54) is 27.8 Å². The largest absolute Gasteiger partial charge is 0.494 e. The zero-order valence-electron chi connectivity index (χ0n) is 22.2. The van der Waals surface area contributed by atoms with Crippen LogP contribution in [0.3, 0.4) is 0 Å². The lowest BCUT2D eigenvalue weighted by molar-refractivity contribution is 0.0985. The van der Waals surface area contributed by atoms with E-state index in [-0.39, 0.29) is 17.3 Å². The second-order valence-corrected chi connectivity index (χ2v) is 12.3. The zero-order valence-corrected chi connectivity index (χ0v) is 23.8. The third-order valence-electron chi connectivity index (χ3n) is 6.22. The lowest BCUT2D eigenvalue weighted by atomic mass is 10.2. The first-order valence-corrected chi connectivity index (χ1v) is 14.4. The first-order chi connectivity index (χ1) is 18.1. The molecule has 0 saturated heterocycles. The van der Waals surface area contributed by atoms with Crippen LogP contribution in [-0.2, 0) is 16.6 Å². The molecule has 0 bridgehead atoms. The average Bonchev–Trinajstić information content (AvgIpc) is 3.35. The van der Waals surface area contributed by atoms with Gasteiger partial charge in [-0.2, -0.15) is 4.31 Å². The number of fused-ring (bicyclic) bond motifs is 1. The van der Waals surface area contributed by atoms with Crippen molar-refractivity contribution >= 4 is 42.6 Å². The summed E-state index contributed by atoms with van der Waals surface area (Å²) >= 11 is 1.44. The molecular formula is C28H32N4O4S2. The Kier molecular flexibility index (Phi) is 8.47. The summed E-state index contributed by atoms with van der Waals surface area (Å²) in [6.07, 6.45) is 0. The Labute approximate surface area is 228 Å². The summed E-state index contributed by atoms with van der Waals surface area (Å²) < 4.78 is 34.1. The SMILES string of the molecule is COc1ccc(C)c2sc(N(CCN(C)C)C(=O)c3ccc(S(=O)(=O)N(C)Cc4ccccc4)cc3)nc12. The zero-order chi connectivity index (χ0) is 27.4. The molecule has 0 atom stereocenters. The molecule has 0 aliphatic carbocycles. The van der Waals surface area contributed by atoms with Crippen molar-refractivity contribution in [1.82, 2.24) is 14.2 Å². The number of aryl methyl sites for hydroxylation is 1. The molecule has 0 N–H and O–H groups in total. The predicted molar refractivity (Wildman–Crippen MR) is 153 cm³/mol. The number of likely N-dealkylation sites (N-methyl/N-ethyl adjacent to an activating group) is 1. The van der Waals surface area contributed by atoms with Gasteiger partial charge in [-0.15, -0.1) is 0 Å². The second-order valence-electron chi connectivity index (χ2n) is 9.29. The van der Waals surface area contributed by atoms with Gasteiger partial charge in [-0.25, -0.2) is 13.4 Å². The highest BCUT2D eigenvalue weighted by molar-refractivity contribution is 7.89. The minimum absolute atomic E-state index is 0.132. The molecule has 0 fully saturated rings. The Morgan fingerprint density at radius 2 is 1.63 bits per heavy atom. The molecule has 4 aromatic rings. The number of carbonyl (C=O) groups is 1. The molecule has 1 aromatic heterocycles. The standard InChI is InChI=1S/C28H32N4O4S2/c1-20-11-16-24(36-5)25-26(20)37-28(29-25)32(18-17-30(2)3)27(33)22-12-14-23(15-13-22)38(34,35)31(4)19-21-9-7-6-8-10-21/h6-16H,17-19H2,1-5H3. The van der Waals surface area contributed by atoms with Crippen molar-refractivity contribution in [3.8, 4) is 5.75 Å². The van der Waals surface area contributed by atoms with Crippen LogP contribution in [0.25, 0.3) is 10.2 Å². The van der Waals surface area contributed by atoms with Gasteiger partial charge in [-0.3, -0.25) is 9.69 Å². The molecule has 0 aliphatic rings. The third-order valence-corrected chi connectivity index (χ3v) is 9.25. The third kappa shape index (κ3) is 5.88. The van der Waals surface area contributed by atoms with Gasteiger partial charge in [0.1, 0.15) is 11.3 Å². The maximum atomic E-state index is 13.7. The molecule has 0 saturated carbocycles. The van der Waals surface area contributed by atoms with Crippen LogP contribution in [0, 0.1) is 6.92 Å².